The van der Waals surface area contributed by atoms with Crippen molar-refractivity contribution in [1.82, 2.24) is 0 Å². The largest absolute Gasteiger partial charge is 0.498 e. The van der Waals surface area contributed by atoms with Gasteiger partial charge in [0.2, 0.25) is 0 Å². The zero-order chi connectivity index (χ0) is 10.1. The van der Waals surface area contributed by atoms with Crippen molar-refractivity contribution in [3.8, 4) is 0 Å². The Hall–Kier alpha value is -0.720. The molecule has 80 valence electrons. The zero-order valence-electron chi connectivity index (χ0n) is 9.24. The first-order valence-corrected chi connectivity index (χ1v) is 5.89. The van der Waals surface area contributed by atoms with Crippen LogP contribution in [0.2, 0.25) is 0 Å². The van der Waals surface area contributed by atoms with Crippen LogP contribution in [-0.4, -0.2) is 6.10 Å². The fraction of sp³-hybridized carbons (Fsp3) is 0.692. The van der Waals surface area contributed by atoms with E-state index in [2.05, 4.69) is 25.2 Å². The van der Waals surface area contributed by atoms with Crippen LogP contribution in [0.3, 0.4) is 0 Å². The molecule has 1 aliphatic rings. The van der Waals surface area contributed by atoms with Crippen molar-refractivity contribution in [3.05, 3.63) is 24.5 Å². The molecule has 0 N–H and O–H groups in total. The van der Waals surface area contributed by atoms with E-state index in [1.165, 1.54) is 32.1 Å². The van der Waals surface area contributed by atoms with Crippen molar-refractivity contribution in [1.29, 1.82) is 0 Å². The van der Waals surface area contributed by atoms with Gasteiger partial charge in [0.05, 0.1) is 6.26 Å². The minimum absolute atomic E-state index is 0.418. The standard InChI is InChI=1S/C13H22O/c1-2-3-4-5-6-7-8-10-13-11-9-12-14-13/h7-9,12-13H,2-6,10-11H2,1H3/b8-7+/t13-/m0/s1. The van der Waals surface area contributed by atoms with E-state index in [9.17, 15) is 0 Å². The monoisotopic (exact) mass is 194 g/mol. The van der Waals surface area contributed by atoms with Crippen LogP contribution in [0.5, 0.6) is 0 Å². The molecule has 1 rings (SSSR count). The van der Waals surface area contributed by atoms with Gasteiger partial charge in [-0.3, -0.25) is 0 Å². The Morgan fingerprint density at radius 3 is 2.93 bits per heavy atom. The minimum Gasteiger partial charge on any atom is -0.498 e. The Morgan fingerprint density at radius 2 is 2.21 bits per heavy atom. The average molecular weight is 194 g/mol. The van der Waals surface area contributed by atoms with Gasteiger partial charge in [0.1, 0.15) is 6.10 Å². The van der Waals surface area contributed by atoms with Crippen molar-refractivity contribution < 1.29 is 4.74 Å². The molecule has 0 saturated carbocycles. The van der Waals surface area contributed by atoms with Gasteiger partial charge in [0.15, 0.2) is 0 Å². The predicted octanol–water partition coefficient (Wildman–Crippen LogP) is 4.21. The highest BCUT2D eigenvalue weighted by Crippen LogP contribution is 2.13. The molecule has 1 nitrogen and oxygen atoms in total. The van der Waals surface area contributed by atoms with Crippen LogP contribution in [0.15, 0.2) is 24.5 Å². The summed E-state index contributed by atoms with van der Waals surface area (Å²) in [7, 11) is 0. The van der Waals surface area contributed by atoms with Gasteiger partial charge in [-0.25, -0.2) is 0 Å². The van der Waals surface area contributed by atoms with Crippen LogP contribution in [0.25, 0.3) is 0 Å². The summed E-state index contributed by atoms with van der Waals surface area (Å²) in [4.78, 5) is 0. The summed E-state index contributed by atoms with van der Waals surface area (Å²) in [5, 5.41) is 0. The van der Waals surface area contributed by atoms with E-state index in [0.717, 1.165) is 12.8 Å². The van der Waals surface area contributed by atoms with Gasteiger partial charge < -0.3 is 4.74 Å². The normalized spacial score (nSPS) is 20.5. The molecule has 0 spiro atoms. The summed E-state index contributed by atoms with van der Waals surface area (Å²) in [6.07, 6.45) is 17.7. The second-order valence-electron chi connectivity index (χ2n) is 3.92. The van der Waals surface area contributed by atoms with Gasteiger partial charge in [0.25, 0.3) is 0 Å². The molecule has 0 aromatic rings. The van der Waals surface area contributed by atoms with E-state index in [1.54, 1.807) is 0 Å². The molecule has 0 aromatic heterocycles. The highest BCUT2D eigenvalue weighted by atomic mass is 16.5. The summed E-state index contributed by atoms with van der Waals surface area (Å²) in [6.45, 7) is 2.25. The number of allylic oxidation sites excluding steroid dienone is 1. The number of unbranched alkanes of at least 4 members (excludes halogenated alkanes) is 4. The molecule has 0 bridgehead atoms. The Morgan fingerprint density at radius 1 is 1.29 bits per heavy atom. The van der Waals surface area contributed by atoms with Gasteiger partial charge in [-0.2, -0.15) is 0 Å². The molecular weight excluding hydrogens is 172 g/mol. The first kappa shape index (κ1) is 11.4. The maximum atomic E-state index is 5.37. The van der Waals surface area contributed by atoms with E-state index in [1.807, 2.05) is 6.26 Å². The van der Waals surface area contributed by atoms with Gasteiger partial charge in [-0.05, 0) is 18.9 Å². The molecule has 0 fully saturated rings. The Bertz CT molecular complexity index is 174. The molecule has 0 radical (unpaired) electrons. The van der Waals surface area contributed by atoms with Crippen LogP contribution in [0.1, 0.15) is 51.9 Å². The SMILES string of the molecule is CCCCCC/C=C/C[C@H]1CC=CO1. The van der Waals surface area contributed by atoms with Crippen LogP contribution < -0.4 is 0 Å². The molecule has 1 aliphatic heterocycles. The molecule has 0 amide bonds. The number of hydrogen-bond donors (Lipinski definition) is 0. The molecule has 0 aromatic carbocycles. The Kier molecular flexibility index (Phi) is 6.21. The van der Waals surface area contributed by atoms with Crippen molar-refractivity contribution in [2.45, 2.75) is 58.0 Å². The molecular formula is C13H22O. The second kappa shape index (κ2) is 7.66. The van der Waals surface area contributed by atoms with Gasteiger partial charge in [0, 0.05) is 12.8 Å². The molecule has 0 aliphatic carbocycles. The van der Waals surface area contributed by atoms with E-state index < -0.39 is 0 Å². The molecule has 1 atom stereocenters. The highest BCUT2D eigenvalue weighted by molar-refractivity contribution is 4.92. The lowest BCUT2D eigenvalue weighted by Gasteiger charge is -2.05. The van der Waals surface area contributed by atoms with E-state index in [-0.39, 0.29) is 0 Å². The van der Waals surface area contributed by atoms with E-state index >= 15 is 0 Å². The van der Waals surface area contributed by atoms with Crippen molar-refractivity contribution in [3.63, 3.8) is 0 Å². The smallest absolute Gasteiger partial charge is 0.105 e. The maximum Gasteiger partial charge on any atom is 0.105 e. The second-order valence-corrected chi connectivity index (χ2v) is 3.92. The van der Waals surface area contributed by atoms with Crippen molar-refractivity contribution in [2.75, 3.05) is 0 Å². The summed E-state index contributed by atoms with van der Waals surface area (Å²) < 4.78 is 5.37. The van der Waals surface area contributed by atoms with Crippen LogP contribution in [-0.2, 0) is 4.74 Å². The average Bonchev–Trinajstić information content (AvgIpc) is 2.69. The summed E-state index contributed by atoms with van der Waals surface area (Å²) in [6, 6.07) is 0. The Balaban J connectivity index is 1.88. The lowest BCUT2D eigenvalue weighted by Crippen LogP contribution is -2.01. The van der Waals surface area contributed by atoms with Crippen molar-refractivity contribution >= 4 is 0 Å². The number of rotatable bonds is 7. The van der Waals surface area contributed by atoms with Gasteiger partial charge >= 0.3 is 0 Å². The summed E-state index contributed by atoms with van der Waals surface area (Å²) in [5.74, 6) is 0. The van der Waals surface area contributed by atoms with Crippen LogP contribution >= 0.6 is 0 Å². The predicted molar refractivity (Wildman–Crippen MR) is 61.1 cm³/mol. The first-order chi connectivity index (χ1) is 6.93. The number of hydrogen-bond acceptors (Lipinski definition) is 1. The lowest BCUT2D eigenvalue weighted by atomic mass is 10.1. The van der Waals surface area contributed by atoms with Gasteiger partial charge in [-0.1, -0.05) is 38.3 Å². The highest BCUT2D eigenvalue weighted by Gasteiger charge is 2.07. The zero-order valence-corrected chi connectivity index (χ0v) is 9.24. The molecule has 0 saturated heterocycles. The summed E-state index contributed by atoms with van der Waals surface area (Å²) in [5.41, 5.74) is 0. The Labute approximate surface area is 87.8 Å². The molecule has 14 heavy (non-hydrogen) atoms. The third kappa shape index (κ3) is 5.11. The van der Waals surface area contributed by atoms with E-state index in [0.29, 0.717) is 6.10 Å². The summed E-state index contributed by atoms with van der Waals surface area (Å²) >= 11 is 0. The first-order valence-electron chi connectivity index (χ1n) is 5.89. The molecule has 1 heterocycles. The maximum absolute atomic E-state index is 5.37. The molecule has 1 heteroatoms. The van der Waals surface area contributed by atoms with Crippen molar-refractivity contribution in [2.24, 2.45) is 0 Å². The van der Waals surface area contributed by atoms with E-state index in [4.69, 9.17) is 4.74 Å². The molecule has 0 unspecified atom stereocenters. The minimum atomic E-state index is 0.418. The lowest BCUT2D eigenvalue weighted by molar-refractivity contribution is 0.173. The third-order valence-electron chi connectivity index (χ3n) is 2.56. The van der Waals surface area contributed by atoms with Crippen LogP contribution in [0, 0.1) is 0 Å². The quantitative estimate of drug-likeness (QED) is 0.436. The fourth-order valence-corrected chi connectivity index (χ4v) is 1.64. The van der Waals surface area contributed by atoms with Crippen LogP contribution in [0.4, 0.5) is 0 Å². The number of ether oxygens (including phenoxy) is 1. The third-order valence-corrected chi connectivity index (χ3v) is 2.56. The fourth-order valence-electron chi connectivity index (χ4n) is 1.64. The topological polar surface area (TPSA) is 9.23 Å². The van der Waals surface area contributed by atoms with Gasteiger partial charge in [-0.15, -0.1) is 0 Å².